The third kappa shape index (κ3) is 34.9. The molecule has 798 valence electrons. The van der Waals surface area contributed by atoms with E-state index in [0.29, 0.717) is 91.0 Å². The van der Waals surface area contributed by atoms with Crippen LogP contribution in [0.4, 0.5) is 0 Å². The van der Waals surface area contributed by atoms with Gasteiger partial charge in [-0.15, -0.1) is 0 Å². The van der Waals surface area contributed by atoms with E-state index < -0.39 is 247 Å². The van der Waals surface area contributed by atoms with Gasteiger partial charge in [0.25, 0.3) is 0 Å². The van der Waals surface area contributed by atoms with Crippen molar-refractivity contribution in [1.29, 1.82) is 0 Å². The first-order valence-electron chi connectivity index (χ1n) is 49.7. The number of carbonyl (C=O) groups excluding carboxylic acids is 15. The minimum atomic E-state index is -2.17. The summed E-state index contributed by atoms with van der Waals surface area (Å²) in [6, 6.07) is 4.39. The fourth-order valence-corrected chi connectivity index (χ4v) is 21.6. The highest BCUT2D eigenvalue weighted by atomic mass is 33.1. The number of likely N-dealkylation sites (tertiary alicyclic amines) is 1. The van der Waals surface area contributed by atoms with E-state index in [1.807, 2.05) is 31.2 Å². The molecule has 2 aromatic heterocycles. The number of H-pyrrole nitrogens is 2. The summed E-state index contributed by atoms with van der Waals surface area (Å²) in [5.41, 5.74) is 15.7. The van der Waals surface area contributed by atoms with Crippen LogP contribution in [0.3, 0.4) is 0 Å². The number of piperidine rings is 1. The number of benzene rings is 4. The number of amides is 15. The summed E-state index contributed by atoms with van der Waals surface area (Å²) in [6.07, 6.45) is 2.03. The van der Waals surface area contributed by atoms with Gasteiger partial charge in [0.15, 0.2) is 0 Å². The van der Waals surface area contributed by atoms with Gasteiger partial charge in [-0.1, -0.05) is 120 Å². The molecule has 6 aromatic rings. The number of carboxylic acid groups (broad SMARTS) is 4. The summed E-state index contributed by atoms with van der Waals surface area (Å²) >= 11 is 0. The zero-order valence-corrected chi connectivity index (χ0v) is 84.2. The molecule has 1 aliphatic carbocycles. The topological polar surface area (TPSA) is 682 Å². The number of aryl methyl sites for hydroxylation is 1. The minimum absolute atomic E-state index is 0.0243. The molecule has 11 rings (SSSR count). The van der Waals surface area contributed by atoms with E-state index in [-0.39, 0.29) is 123 Å². The number of fused-ring (bicyclic) bond motifs is 3. The standard InChI is InChI=1S/C99H136N22O24S2/c1-56-15-13-21-67-65(49-105-85(56)67)44-72(106-58(3)123)94(140)115-86(57(2)122)97(143)116-87(62-17-5-4-6-18-62)98(144)114-77-55-147-146-54-76(96(142)112-75(99(145)121-32-14-24-78(121)88(101)134)45-64-48-104-68-22-10-9-20-66(64)68)113-93(139)74(47-81(126)127)111-89(135)69(23-11-12-29-103-80(125)50-117-33-35-118(51-82(128)129)37-39-120(53-84(132)133)40-38-119(36-34-117)52-83(130)131)107-90(136)71(43-60-25-26-61-16-7-8-19-63(61)41-60)108-92(138)73(46-79(100)124)110-91(137)70(109-95(77)141)42-59-27-30-102-31-28-59/h7-10,13,15-16,19-22,25-26,41,48-49,57,59,62,69-78,86-87,102,104-105,122H,4-6,11-12,14,17-18,23-24,27-40,42-47,50-55H2,1-3H3,(H2,100,124)(H2,101,134)(H,103,125)(H,106,123)(H,107,136)(H,108,138)(H,109,141)(H,110,137)(H,111,135)(H,112,142)(H,113,139)(H,114,144)(H,115,140)(H,116,143)(H,126,127)(H,128,129)(H,130,131)(H,132,133)/t57-,69+,70+,71+,72+,73+,74+,75+,76+,77+,78+,86+,87+/m1/s1. The number of para-hydroxylation sites is 2. The molecule has 5 fully saturated rings. The molecule has 4 aromatic carbocycles. The number of unbranched alkanes of at least 4 members (excludes halogenated alkanes) is 1. The Labute approximate surface area is 856 Å². The fraction of sp³-hybridized carbons (Fsp3) is 0.545. The van der Waals surface area contributed by atoms with Crippen molar-refractivity contribution in [3.8, 4) is 0 Å². The van der Waals surface area contributed by atoms with Crippen LogP contribution in [-0.2, 0) is 110 Å². The molecule has 6 heterocycles. The average molecular weight is 2080 g/mol. The van der Waals surface area contributed by atoms with Crippen molar-refractivity contribution in [1.82, 2.24) is 104 Å². The Bertz CT molecular complexity index is 5670. The number of aliphatic hydroxyl groups is 1. The van der Waals surface area contributed by atoms with Crippen molar-refractivity contribution in [2.75, 3.05) is 116 Å². The van der Waals surface area contributed by atoms with Gasteiger partial charge in [0.1, 0.15) is 72.5 Å². The Morgan fingerprint density at radius 3 is 1.70 bits per heavy atom. The molecule has 48 heteroatoms. The van der Waals surface area contributed by atoms with Crippen molar-refractivity contribution >= 4 is 167 Å². The molecule has 13 atom stereocenters. The number of aliphatic hydroxyl groups excluding tert-OH is 1. The quantitative estimate of drug-likeness (QED) is 0.0145. The van der Waals surface area contributed by atoms with E-state index in [1.165, 1.54) is 18.7 Å². The van der Waals surface area contributed by atoms with Crippen LogP contribution in [0.5, 0.6) is 0 Å². The molecule has 24 N–H and O–H groups in total. The molecule has 46 nitrogen and oxygen atoms in total. The number of hydrogen-bond donors (Lipinski definition) is 22. The maximum Gasteiger partial charge on any atom is 0.317 e. The van der Waals surface area contributed by atoms with Crippen molar-refractivity contribution in [3.05, 3.63) is 120 Å². The Kier molecular flexibility index (Phi) is 43.4. The normalized spacial score (nSPS) is 22.1. The molecule has 0 bridgehead atoms. The number of carboxylic acids is 4. The number of nitrogens with one attached hydrogen (secondary N) is 15. The highest BCUT2D eigenvalue weighted by molar-refractivity contribution is 8.76. The number of primary amides is 2. The lowest BCUT2D eigenvalue weighted by Gasteiger charge is -2.33. The minimum Gasteiger partial charge on any atom is -0.481 e. The summed E-state index contributed by atoms with van der Waals surface area (Å²) in [4.78, 5) is 287. The number of aromatic nitrogens is 2. The first kappa shape index (κ1) is 114. The molecule has 0 spiro atoms. The lowest BCUT2D eigenvalue weighted by atomic mass is 9.83. The Morgan fingerprint density at radius 1 is 0.510 bits per heavy atom. The van der Waals surface area contributed by atoms with E-state index in [0.717, 1.165) is 49.9 Å². The van der Waals surface area contributed by atoms with E-state index in [1.54, 1.807) is 92.7 Å². The molecular weight excluding hydrogens is 1950 g/mol. The van der Waals surface area contributed by atoms with Gasteiger partial charge in [-0.3, -0.25) is 111 Å². The largest absolute Gasteiger partial charge is 0.481 e. The van der Waals surface area contributed by atoms with Crippen molar-refractivity contribution in [2.24, 2.45) is 23.3 Å². The molecule has 0 radical (unpaired) electrons. The van der Waals surface area contributed by atoms with Crippen LogP contribution >= 0.6 is 21.6 Å². The fourth-order valence-electron chi connectivity index (χ4n) is 19.3. The van der Waals surface area contributed by atoms with Crippen LogP contribution in [-0.4, -0.2) is 367 Å². The van der Waals surface area contributed by atoms with Crippen LogP contribution in [0.1, 0.15) is 132 Å². The summed E-state index contributed by atoms with van der Waals surface area (Å²) < 4.78 is 0. The molecular formula is C99H136N22O24S2. The van der Waals surface area contributed by atoms with E-state index >= 15 is 47.9 Å². The number of rotatable bonds is 38. The molecule has 1 saturated carbocycles. The summed E-state index contributed by atoms with van der Waals surface area (Å²) in [5.74, 6) is -22.3. The number of nitrogens with zero attached hydrogens (tertiary/aromatic N) is 5. The van der Waals surface area contributed by atoms with Gasteiger partial charge in [-0.05, 0) is 142 Å². The van der Waals surface area contributed by atoms with Crippen LogP contribution in [0, 0.1) is 18.8 Å². The number of aromatic amines is 2. The van der Waals surface area contributed by atoms with Crippen LogP contribution in [0.2, 0.25) is 0 Å². The number of aliphatic carboxylic acids is 4. The van der Waals surface area contributed by atoms with Crippen molar-refractivity contribution < 1.29 is 117 Å². The number of hydrogen-bond acceptors (Lipinski definition) is 27. The first-order valence-corrected chi connectivity index (χ1v) is 52.2. The van der Waals surface area contributed by atoms with Gasteiger partial charge >= 0.3 is 23.9 Å². The Hall–Kier alpha value is -13.4. The predicted octanol–water partition coefficient (Wildman–Crippen LogP) is -2.17. The lowest BCUT2D eigenvalue weighted by Crippen LogP contribution is -2.63. The van der Waals surface area contributed by atoms with E-state index in [2.05, 4.69) is 79.1 Å². The third-order valence-electron chi connectivity index (χ3n) is 27.1. The highest BCUT2D eigenvalue weighted by Gasteiger charge is 2.44. The SMILES string of the molecule is CC(=O)N[C@@H](Cc1c[nH]c2c(C)cccc12)C(=O)N[C@H](C(=O)N[C@H](C(=O)N[C@H]1CSSC[C@@H](C(=O)N[C@@H](Cc2c[nH]c3ccccc23)C(=O)N2CCC[C@H]2C(N)=O)NC(=O)[C@H](CC(=O)O)NC(=O)[C@H](CCCCNC(=O)CN2CCN(CC(=O)O)CCN(CC(=O)O)CCN(CC(=O)O)CC2)NC(=O)[C@H](Cc2ccc3ccccc3c2)NC(=O)[C@H](CC(N)=O)NC(=O)[C@H](CC2CCNCC2)NC1=O)C1CCCCC1)[C@@H](C)O. The first-order chi connectivity index (χ1) is 70.3. The Morgan fingerprint density at radius 2 is 1.07 bits per heavy atom. The van der Waals surface area contributed by atoms with Gasteiger partial charge in [-0.25, -0.2) is 0 Å². The van der Waals surface area contributed by atoms with Crippen molar-refractivity contribution in [2.45, 2.75) is 215 Å². The van der Waals surface area contributed by atoms with Crippen LogP contribution < -0.4 is 80.6 Å². The van der Waals surface area contributed by atoms with E-state index in [4.69, 9.17) is 11.5 Å². The zero-order chi connectivity index (χ0) is 106. The van der Waals surface area contributed by atoms with E-state index in [9.17, 15) is 68.7 Å². The summed E-state index contributed by atoms with van der Waals surface area (Å²) in [7, 11) is 1.58. The van der Waals surface area contributed by atoms with Crippen molar-refractivity contribution in [3.63, 3.8) is 0 Å². The molecule has 0 unspecified atom stereocenters. The lowest BCUT2D eigenvalue weighted by molar-refractivity contribution is -0.142. The van der Waals surface area contributed by atoms with Crippen LogP contribution in [0.15, 0.2) is 97.3 Å². The van der Waals surface area contributed by atoms with Gasteiger partial charge < -0.3 is 121 Å². The molecule has 5 aliphatic rings. The van der Waals surface area contributed by atoms with Gasteiger partial charge in [0.05, 0.1) is 45.1 Å². The molecule has 15 amide bonds. The van der Waals surface area contributed by atoms with Crippen LogP contribution in [0.25, 0.3) is 32.6 Å². The predicted molar refractivity (Wildman–Crippen MR) is 542 cm³/mol. The maximum absolute atomic E-state index is 15.9. The third-order valence-corrected chi connectivity index (χ3v) is 29.6. The summed E-state index contributed by atoms with van der Waals surface area (Å²) in [5, 5.41) is 89.9. The smallest absolute Gasteiger partial charge is 0.317 e. The zero-order valence-electron chi connectivity index (χ0n) is 82.6. The number of carbonyl (C=O) groups is 19. The maximum atomic E-state index is 15.9. The second kappa shape index (κ2) is 56.0. The average Bonchev–Trinajstić information content (AvgIpc) is 1.74. The summed E-state index contributed by atoms with van der Waals surface area (Å²) in [6.45, 7) is 4.41. The van der Waals surface area contributed by atoms with Gasteiger partial charge in [-0.2, -0.15) is 0 Å². The second-order valence-corrected chi connectivity index (χ2v) is 40.9. The Balaban J connectivity index is 0.949. The van der Waals surface area contributed by atoms with Gasteiger partial charge in [0.2, 0.25) is 88.6 Å². The molecule has 147 heavy (non-hydrogen) atoms. The monoisotopic (exact) mass is 2080 g/mol. The second-order valence-electron chi connectivity index (χ2n) is 38.3. The molecule has 4 aliphatic heterocycles. The number of nitrogens with two attached hydrogens (primary N) is 2. The molecule has 4 saturated heterocycles. The highest BCUT2D eigenvalue weighted by Crippen LogP contribution is 2.31. The van der Waals surface area contributed by atoms with Gasteiger partial charge in [0, 0.05) is 137 Å².